The van der Waals surface area contributed by atoms with Gasteiger partial charge in [0.05, 0.1) is 13.7 Å². The van der Waals surface area contributed by atoms with E-state index in [4.69, 9.17) is 4.74 Å². The number of carbonyl (C=O) groups is 2. The number of ether oxygens (including phenoxy) is 2. The molecule has 0 bridgehead atoms. The second-order valence-corrected chi connectivity index (χ2v) is 6.07. The van der Waals surface area contributed by atoms with E-state index in [0.29, 0.717) is 12.8 Å². The van der Waals surface area contributed by atoms with Crippen molar-refractivity contribution in [2.75, 3.05) is 13.7 Å². The summed E-state index contributed by atoms with van der Waals surface area (Å²) < 4.78 is 10.1. The summed E-state index contributed by atoms with van der Waals surface area (Å²) in [4.78, 5) is 23.7. The molecule has 0 radical (unpaired) electrons. The fourth-order valence-corrected chi connectivity index (χ4v) is 2.30. The van der Waals surface area contributed by atoms with E-state index in [1.165, 1.54) is 7.11 Å². The first-order valence-corrected chi connectivity index (χ1v) is 6.84. The van der Waals surface area contributed by atoms with Crippen molar-refractivity contribution in [1.29, 1.82) is 0 Å². The minimum Gasteiger partial charge on any atom is -0.468 e. The van der Waals surface area contributed by atoms with E-state index in [0.717, 1.165) is 19.3 Å². The molecule has 0 saturated heterocycles. The Labute approximate surface area is 115 Å². The number of hydrogen-bond donors (Lipinski definition) is 1. The maximum atomic E-state index is 12.4. The van der Waals surface area contributed by atoms with Crippen LogP contribution in [0.15, 0.2) is 0 Å². The molecule has 19 heavy (non-hydrogen) atoms. The van der Waals surface area contributed by atoms with Gasteiger partial charge >= 0.3 is 11.9 Å². The number of hydrogen-bond acceptors (Lipinski definition) is 5. The van der Waals surface area contributed by atoms with E-state index in [9.17, 15) is 9.59 Å². The summed E-state index contributed by atoms with van der Waals surface area (Å²) in [5.41, 5.74) is -1.26. The maximum absolute atomic E-state index is 12.4. The van der Waals surface area contributed by atoms with Crippen molar-refractivity contribution < 1.29 is 19.1 Å². The summed E-state index contributed by atoms with van der Waals surface area (Å²) in [6.45, 7) is 5.58. The van der Waals surface area contributed by atoms with Crippen molar-refractivity contribution in [3.63, 3.8) is 0 Å². The molecule has 110 valence electrons. The molecule has 0 atom stereocenters. The van der Waals surface area contributed by atoms with Gasteiger partial charge in [0.15, 0.2) is 0 Å². The van der Waals surface area contributed by atoms with Crippen LogP contribution in [0.3, 0.4) is 0 Å². The molecule has 0 aromatic carbocycles. The highest BCUT2D eigenvalue weighted by Gasteiger charge is 2.42. The molecular weight excluding hydrogens is 246 g/mol. The lowest BCUT2D eigenvalue weighted by Gasteiger charge is -2.37. The summed E-state index contributed by atoms with van der Waals surface area (Å²) in [6, 6.07) is 0. The van der Waals surface area contributed by atoms with Crippen LogP contribution >= 0.6 is 0 Å². The monoisotopic (exact) mass is 271 g/mol. The van der Waals surface area contributed by atoms with Crippen molar-refractivity contribution in [2.45, 2.75) is 64.0 Å². The molecule has 0 aromatic heterocycles. The Balaban J connectivity index is 2.74. The zero-order chi connectivity index (χ0) is 14.5. The molecule has 1 aliphatic carbocycles. The summed E-state index contributed by atoms with van der Waals surface area (Å²) in [5.74, 6) is -0.628. The number of nitrogens with one attached hydrogen (secondary N) is 1. The van der Waals surface area contributed by atoms with Gasteiger partial charge in [0.2, 0.25) is 0 Å². The van der Waals surface area contributed by atoms with E-state index >= 15 is 0 Å². The molecule has 1 aliphatic rings. The van der Waals surface area contributed by atoms with Crippen LogP contribution in [-0.4, -0.2) is 36.7 Å². The molecule has 0 heterocycles. The van der Waals surface area contributed by atoms with Crippen LogP contribution in [0.4, 0.5) is 0 Å². The smallest absolute Gasteiger partial charge is 0.326 e. The average molecular weight is 271 g/mol. The van der Waals surface area contributed by atoms with E-state index in [2.05, 4.69) is 10.1 Å². The standard InChI is InChI=1S/C14H25NO4/c1-13(2,3)19-12(17)14(8-6-5-7-9-14)15-10-11(16)18-4/h15H,5-10H2,1-4H3. The molecule has 1 fully saturated rings. The van der Waals surface area contributed by atoms with Crippen LogP contribution < -0.4 is 5.32 Å². The second kappa shape index (κ2) is 6.37. The van der Waals surface area contributed by atoms with E-state index in [-0.39, 0.29) is 18.5 Å². The first kappa shape index (κ1) is 16.0. The highest BCUT2D eigenvalue weighted by atomic mass is 16.6. The van der Waals surface area contributed by atoms with Crippen LogP contribution in [0.2, 0.25) is 0 Å². The topological polar surface area (TPSA) is 64.6 Å². The number of methoxy groups -OCH3 is 1. The van der Waals surface area contributed by atoms with Crippen molar-refractivity contribution >= 4 is 11.9 Å². The molecule has 5 nitrogen and oxygen atoms in total. The third-order valence-electron chi connectivity index (χ3n) is 3.30. The van der Waals surface area contributed by atoms with E-state index in [1.807, 2.05) is 20.8 Å². The third-order valence-corrected chi connectivity index (χ3v) is 3.30. The SMILES string of the molecule is COC(=O)CNC1(C(=O)OC(C)(C)C)CCCCC1. The molecule has 1 N–H and O–H groups in total. The van der Waals surface area contributed by atoms with Gasteiger partial charge in [-0.25, -0.2) is 0 Å². The largest absolute Gasteiger partial charge is 0.468 e. The molecule has 0 spiro atoms. The van der Waals surface area contributed by atoms with Crippen LogP contribution in [-0.2, 0) is 19.1 Å². The van der Waals surface area contributed by atoms with Gasteiger partial charge in [-0.15, -0.1) is 0 Å². The maximum Gasteiger partial charge on any atom is 0.326 e. The van der Waals surface area contributed by atoms with Crippen LogP contribution in [0, 0.1) is 0 Å². The molecule has 0 unspecified atom stereocenters. The summed E-state index contributed by atoms with van der Waals surface area (Å²) in [5, 5.41) is 3.06. The normalized spacial score (nSPS) is 18.7. The van der Waals surface area contributed by atoms with Crippen LogP contribution in [0.1, 0.15) is 52.9 Å². The fraction of sp³-hybridized carbons (Fsp3) is 0.857. The molecular formula is C14H25NO4. The summed E-state index contributed by atoms with van der Waals surface area (Å²) in [6.07, 6.45) is 4.46. The van der Waals surface area contributed by atoms with Crippen LogP contribution in [0.25, 0.3) is 0 Å². The van der Waals surface area contributed by atoms with Crippen molar-refractivity contribution in [1.82, 2.24) is 5.32 Å². The minimum absolute atomic E-state index is 0.0374. The van der Waals surface area contributed by atoms with Gasteiger partial charge in [-0.3, -0.25) is 14.9 Å². The number of esters is 2. The van der Waals surface area contributed by atoms with Gasteiger partial charge in [-0.1, -0.05) is 19.3 Å². The molecule has 0 aliphatic heterocycles. The first-order chi connectivity index (χ1) is 8.79. The van der Waals surface area contributed by atoms with Crippen LogP contribution in [0.5, 0.6) is 0 Å². The Morgan fingerprint density at radius 3 is 2.21 bits per heavy atom. The zero-order valence-electron chi connectivity index (χ0n) is 12.4. The summed E-state index contributed by atoms with van der Waals surface area (Å²) >= 11 is 0. The Morgan fingerprint density at radius 1 is 1.16 bits per heavy atom. The minimum atomic E-state index is -0.736. The first-order valence-electron chi connectivity index (χ1n) is 6.84. The Bertz CT molecular complexity index is 327. The molecule has 5 heteroatoms. The predicted octanol–water partition coefficient (Wildman–Crippen LogP) is 1.79. The quantitative estimate of drug-likeness (QED) is 0.790. The Morgan fingerprint density at radius 2 is 1.74 bits per heavy atom. The number of carbonyl (C=O) groups excluding carboxylic acids is 2. The Hall–Kier alpha value is -1.10. The van der Waals surface area contributed by atoms with Gasteiger partial charge in [0, 0.05) is 0 Å². The molecule has 1 rings (SSSR count). The summed E-state index contributed by atoms with van der Waals surface area (Å²) in [7, 11) is 1.34. The second-order valence-electron chi connectivity index (χ2n) is 6.07. The average Bonchev–Trinajstić information content (AvgIpc) is 2.35. The third kappa shape index (κ3) is 4.82. The zero-order valence-corrected chi connectivity index (χ0v) is 12.4. The van der Waals surface area contributed by atoms with Crippen molar-refractivity contribution in [2.24, 2.45) is 0 Å². The van der Waals surface area contributed by atoms with Gasteiger partial charge < -0.3 is 9.47 Å². The Kier molecular flexibility index (Phi) is 5.35. The highest BCUT2D eigenvalue weighted by Crippen LogP contribution is 2.30. The molecule has 0 amide bonds. The fourth-order valence-electron chi connectivity index (χ4n) is 2.30. The van der Waals surface area contributed by atoms with Gasteiger partial charge in [-0.2, -0.15) is 0 Å². The van der Waals surface area contributed by atoms with Gasteiger partial charge in [0.1, 0.15) is 11.1 Å². The molecule has 1 saturated carbocycles. The lowest BCUT2D eigenvalue weighted by Crippen LogP contribution is -2.56. The van der Waals surface area contributed by atoms with Gasteiger partial charge in [0.25, 0.3) is 0 Å². The highest BCUT2D eigenvalue weighted by molar-refractivity contribution is 5.82. The van der Waals surface area contributed by atoms with E-state index in [1.54, 1.807) is 0 Å². The lowest BCUT2D eigenvalue weighted by atomic mass is 9.81. The molecule has 0 aromatic rings. The van der Waals surface area contributed by atoms with Crippen molar-refractivity contribution in [3.8, 4) is 0 Å². The predicted molar refractivity (Wildman–Crippen MR) is 71.7 cm³/mol. The lowest BCUT2D eigenvalue weighted by molar-refractivity contribution is -0.165. The van der Waals surface area contributed by atoms with E-state index < -0.39 is 11.1 Å². The van der Waals surface area contributed by atoms with Gasteiger partial charge in [-0.05, 0) is 33.6 Å². The van der Waals surface area contributed by atoms with Crippen molar-refractivity contribution in [3.05, 3.63) is 0 Å². The number of rotatable bonds is 4.